The Morgan fingerprint density at radius 3 is 2.32 bits per heavy atom. The Morgan fingerprint density at radius 1 is 0.929 bits per heavy atom. The molecule has 3 aromatic rings. The van der Waals surface area contributed by atoms with Crippen LogP contribution in [0.1, 0.15) is 16.9 Å². The smallest absolute Gasteiger partial charge is 0.267 e. The van der Waals surface area contributed by atoms with Crippen molar-refractivity contribution in [1.29, 1.82) is 0 Å². The molecule has 1 saturated heterocycles. The molecular formula is C22H17N3O2S. The molecule has 0 atom stereocenters. The Labute approximate surface area is 167 Å². The fourth-order valence-corrected chi connectivity index (χ4v) is 3.60. The lowest BCUT2D eigenvalue weighted by molar-refractivity contribution is -0.122. The predicted molar refractivity (Wildman–Crippen MR) is 113 cm³/mol. The van der Waals surface area contributed by atoms with E-state index in [2.05, 4.69) is 10.2 Å². The van der Waals surface area contributed by atoms with E-state index in [4.69, 9.17) is 4.42 Å². The van der Waals surface area contributed by atoms with Gasteiger partial charge in [0.15, 0.2) is 5.17 Å². The molecule has 28 heavy (non-hydrogen) atoms. The number of hydrogen-bond donors (Lipinski definition) is 0. The van der Waals surface area contributed by atoms with Crippen molar-refractivity contribution < 1.29 is 9.21 Å². The molecule has 0 spiro atoms. The molecule has 1 aromatic heterocycles. The number of rotatable bonds is 5. The van der Waals surface area contributed by atoms with Crippen molar-refractivity contribution in [2.75, 3.05) is 0 Å². The zero-order chi connectivity index (χ0) is 19.2. The molecule has 1 aliphatic heterocycles. The second-order valence-electron chi connectivity index (χ2n) is 6.03. The monoisotopic (exact) mass is 387 g/mol. The van der Waals surface area contributed by atoms with Gasteiger partial charge in [-0.3, -0.25) is 9.69 Å². The van der Waals surface area contributed by atoms with Crippen molar-refractivity contribution in [3.05, 3.63) is 101 Å². The highest BCUT2D eigenvalue weighted by Gasteiger charge is 2.34. The van der Waals surface area contributed by atoms with Crippen LogP contribution in [0.2, 0.25) is 0 Å². The summed E-state index contributed by atoms with van der Waals surface area (Å²) in [6.07, 6.45) is 5.13. The van der Waals surface area contributed by atoms with Gasteiger partial charge in [0.25, 0.3) is 5.91 Å². The van der Waals surface area contributed by atoms with Gasteiger partial charge in [-0.1, -0.05) is 60.7 Å². The number of thioether (sulfide) groups is 1. The van der Waals surface area contributed by atoms with Gasteiger partial charge in [-0.2, -0.15) is 5.10 Å². The van der Waals surface area contributed by atoms with Crippen LogP contribution < -0.4 is 0 Å². The Hall–Kier alpha value is -3.38. The maximum atomic E-state index is 12.9. The zero-order valence-corrected chi connectivity index (χ0v) is 15.8. The summed E-state index contributed by atoms with van der Waals surface area (Å²) in [5.41, 5.74) is 1.91. The molecule has 138 valence electrons. The molecule has 6 heteroatoms. The van der Waals surface area contributed by atoms with Crippen molar-refractivity contribution in [3.63, 3.8) is 0 Å². The van der Waals surface area contributed by atoms with Crippen LogP contribution >= 0.6 is 11.8 Å². The van der Waals surface area contributed by atoms with Gasteiger partial charge in [-0.05, 0) is 41.1 Å². The van der Waals surface area contributed by atoms with Crippen LogP contribution in [0.15, 0.2) is 98.6 Å². The van der Waals surface area contributed by atoms with Crippen LogP contribution in [0.5, 0.6) is 0 Å². The molecular weight excluding hydrogens is 370 g/mol. The van der Waals surface area contributed by atoms with Gasteiger partial charge in [0.1, 0.15) is 5.76 Å². The van der Waals surface area contributed by atoms with Crippen LogP contribution in [-0.2, 0) is 11.3 Å². The number of carbonyl (C=O) groups is 1. The molecule has 0 saturated carbocycles. The number of furan rings is 1. The van der Waals surface area contributed by atoms with Crippen molar-refractivity contribution >= 4 is 35.1 Å². The average Bonchev–Trinajstić information content (AvgIpc) is 3.34. The Kier molecular flexibility index (Phi) is 5.49. The summed E-state index contributed by atoms with van der Waals surface area (Å²) in [7, 11) is 0. The molecule has 0 radical (unpaired) electrons. The molecule has 5 nitrogen and oxygen atoms in total. The van der Waals surface area contributed by atoms with Gasteiger partial charge in [0.05, 0.1) is 23.9 Å². The fourth-order valence-electron chi connectivity index (χ4n) is 2.67. The van der Waals surface area contributed by atoms with Gasteiger partial charge in [-0.15, -0.1) is 5.10 Å². The van der Waals surface area contributed by atoms with Crippen molar-refractivity contribution in [2.24, 2.45) is 10.2 Å². The number of hydrogen-bond acceptors (Lipinski definition) is 5. The van der Waals surface area contributed by atoms with E-state index in [1.54, 1.807) is 23.4 Å². The first-order valence-electron chi connectivity index (χ1n) is 8.74. The number of carbonyl (C=O) groups excluding carboxylic acids is 1. The number of amidine groups is 1. The molecule has 0 unspecified atom stereocenters. The summed E-state index contributed by atoms with van der Waals surface area (Å²) in [4.78, 5) is 15.1. The third-order valence-electron chi connectivity index (χ3n) is 4.03. The maximum Gasteiger partial charge on any atom is 0.267 e. The molecule has 4 rings (SSSR count). The van der Waals surface area contributed by atoms with Crippen LogP contribution in [0.4, 0.5) is 0 Å². The van der Waals surface area contributed by atoms with Crippen molar-refractivity contribution in [2.45, 2.75) is 6.54 Å². The number of nitrogens with zero attached hydrogens (tertiary/aromatic N) is 3. The Bertz CT molecular complexity index is 1030. The van der Waals surface area contributed by atoms with Crippen LogP contribution in [0, 0.1) is 0 Å². The third kappa shape index (κ3) is 4.29. The lowest BCUT2D eigenvalue weighted by Gasteiger charge is -2.12. The molecule has 0 bridgehead atoms. The molecule has 1 fully saturated rings. The Balaban J connectivity index is 1.61. The minimum Gasteiger partial charge on any atom is -0.467 e. The number of amides is 1. The van der Waals surface area contributed by atoms with Crippen molar-refractivity contribution in [1.82, 2.24) is 4.90 Å². The largest absolute Gasteiger partial charge is 0.467 e. The van der Waals surface area contributed by atoms with E-state index in [0.29, 0.717) is 22.4 Å². The number of benzene rings is 2. The molecule has 2 heterocycles. The van der Waals surface area contributed by atoms with Gasteiger partial charge < -0.3 is 4.42 Å². The second kappa shape index (κ2) is 8.54. The Morgan fingerprint density at radius 2 is 1.64 bits per heavy atom. The van der Waals surface area contributed by atoms with Gasteiger partial charge in [0.2, 0.25) is 0 Å². The lowest BCUT2D eigenvalue weighted by atomic mass is 10.2. The molecule has 1 amide bonds. The first-order chi connectivity index (χ1) is 13.8. The highest BCUT2D eigenvalue weighted by Crippen LogP contribution is 2.33. The molecule has 2 aromatic carbocycles. The minimum atomic E-state index is -0.112. The summed E-state index contributed by atoms with van der Waals surface area (Å²) < 4.78 is 5.40. The van der Waals surface area contributed by atoms with E-state index in [1.807, 2.05) is 72.8 Å². The first kappa shape index (κ1) is 18.0. The van der Waals surface area contributed by atoms with E-state index < -0.39 is 0 Å². The zero-order valence-electron chi connectivity index (χ0n) is 14.9. The summed E-state index contributed by atoms with van der Waals surface area (Å²) in [6.45, 7) is 0.310. The normalized spacial score (nSPS) is 17.3. The van der Waals surface area contributed by atoms with Crippen LogP contribution in [-0.4, -0.2) is 22.2 Å². The summed E-state index contributed by atoms with van der Waals surface area (Å²) in [6, 6.07) is 23.1. The van der Waals surface area contributed by atoms with E-state index in [9.17, 15) is 4.79 Å². The van der Waals surface area contributed by atoms with Crippen LogP contribution in [0.25, 0.3) is 6.08 Å². The van der Waals surface area contributed by atoms with E-state index >= 15 is 0 Å². The standard InChI is InChI=1S/C22H17N3O2S/c26-21-20(14-17-8-3-1-4-9-17)28-22(25(21)16-19-12-7-13-27-19)24-23-15-18-10-5-2-6-11-18/h1-15H,16H2/b20-14-,23-15+,24-22+. The molecule has 1 aliphatic rings. The van der Waals surface area contributed by atoms with E-state index in [0.717, 1.165) is 11.1 Å². The molecule has 0 aliphatic carbocycles. The SMILES string of the molecule is O=C1/C(=C/c2ccccc2)S/C(=N/N=C/c2ccccc2)N1Cc1ccco1. The second-order valence-corrected chi connectivity index (χ2v) is 7.04. The van der Waals surface area contributed by atoms with Gasteiger partial charge in [0, 0.05) is 0 Å². The van der Waals surface area contributed by atoms with E-state index in [-0.39, 0.29) is 5.91 Å². The highest BCUT2D eigenvalue weighted by atomic mass is 32.2. The van der Waals surface area contributed by atoms with Crippen LogP contribution in [0.3, 0.4) is 0 Å². The summed E-state index contributed by atoms with van der Waals surface area (Å²) >= 11 is 1.31. The summed E-state index contributed by atoms with van der Waals surface area (Å²) in [5.74, 6) is 0.577. The van der Waals surface area contributed by atoms with Gasteiger partial charge >= 0.3 is 0 Å². The maximum absolute atomic E-state index is 12.9. The minimum absolute atomic E-state index is 0.112. The molecule has 0 N–H and O–H groups in total. The quantitative estimate of drug-likeness (QED) is 0.359. The van der Waals surface area contributed by atoms with Gasteiger partial charge in [-0.25, -0.2) is 0 Å². The predicted octanol–water partition coefficient (Wildman–Crippen LogP) is 4.79. The topological polar surface area (TPSA) is 58.2 Å². The lowest BCUT2D eigenvalue weighted by Crippen LogP contribution is -2.28. The first-order valence-corrected chi connectivity index (χ1v) is 9.56. The van der Waals surface area contributed by atoms with E-state index in [1.165, 1.54) is 11.8 Å². The highest BCUT2D eigenvalue weighted by molar-refractivity contribution is 8.18. The summed E-state index contributed by atoms with van der Waals surface area (Å²) in [5, 5.41) is 8.99. The fraction of sp³-hybridized carbons (Fsp3) is 0.0455. The van der Waals surface area contributed by atoms with Crippen molar-refractivity contribution in [3.8, 4) is 0 Å². The third-order valence-corrected chi connectivity index (χ3v) is 5.03. The average molecular weight is 387 g/mol.